The lowest BCUT2D eigenvalue weighted by atomic mass is 10.1. The van der Waals surface area contributed by atoms with E-state index in [1.165, 1.54) is 12.1 Å². The molecule has 0 aliphatic carbocycles. The van der Waals surface area contributed by atoms with Gasteiger partial charge in [-0.3, -0.25) is 14.9 Å². The van der Waals surface area contributed by atoms with E-state index < -0.39 is 10.8 Å². The van der Waals surface area contributed by atoms with Crippen molar-refractivity contribution in [2.75, 3.05) is 12.4 Å². The van der Waals surface area contributed by atoms with Crippen molar-refractivity contribution in [3.63, 3.8) is 0 Å². The van der Waals surface area contributed by atoms with Gasteiger partial charge < -0.3 is 5.32 Å². The van der Waals surface area contributed by atoms with Crippen LogP contribution in [0.3, 0.4) is 0 Å². The van der Waals surface area contributed by atoms with Gasteiger partial charge in [0.05, 0.1) is 4.92 Å². The molecule has 0 spiro atoms. The van der Waals surface area contributed by atoms with Crippen LogP contribution in [-0.4, -0.2) is 23.3 Å². The highest BCUT2D eigenvalue weighted by atomic mass is 35.5. The Bertz CT molecular complexity index is 435. The van der Waals surface area contributed by atoms with Crippen LogP contribution < -0.4 is 5.32 Å². The SMILES string of the molecule is Cc1ccc([N+](=O)[O-])c(C(=O)NCCCCl)c1. The van der Waals surface area contributed by atoms with Crippen LogP contribution in [0.15, 0.2) is 18.2 Å². The molecule has 1 aromatic carbocycles. The highest BCUT2D eigenvalue weighted by Gasteiger charge is 2.19. The van der Waals surface area contributed by atoms with Crippen molar-refractivity contribution in [2.45, 2.75) is 13.3 Å². The number of amides is 1. The fourth-order valence-corrected chi connectivity index (χ4v) is 1.49. The third-order valence-corrected chi connectivity index (χ3v) is 2.46. The Labute approximate surface area is 104 Å². The maximum atomic E-state index is 11.7. The van der Waals surface area contributed by atoms with Crippen LogP contribution >= 0.6 is 11.6 Å². The number of nitrogens with one attached hydrogen (secondary N) is 1. The van der Waals surface area contributed by atoms with Gasteiger partial charge in [0.15, 0.2) is 0 Å². The average molecular weight is 257 g/mol. The normalized spacial score (nSPS) is 10.0. The standard InChI is InChI=1S/C11H13ClN2O3/c1-8-3-4-10(14(16)17)9(7-8)11(15)13-6-2-5-12/h3-4,7H,2,5-6H2,1H3,(H,13,15). The van der Waals surface area contributed by atoms with Crippen LogP contribution in [0.25, 0.3) is 0 Å². The van der Waals surface area contributed by atoms with E-state index in [4.69, 9.17) is 11.6 Å². The van der Waals surface area contributed by atoms with Gasteiger partial charge in [-0.1, -0.05) is 6.07 Å². The Balaban J connectivity index is 2.90. The third kappa shape index (κ3) is 3.71. The number of rotatable bonds is 5. The summed E-state index contributed by atoms with van der Waals surface area (Å²) < 4.78 is 0. The number of carbonyl (C=O) groups is 1. The van der Waals surface area contributed by atoms with E-state index in [-0.39, 0.29) is 11.3 Å². The van der Waals surface area contributed by atoms with Gasteiger partial charge in [-0.15, -0.1) is 11.6 Å². The molecule has 1 aromatic rings. The largest absolute Gasteiger partial charge is 0.352 e. The molecule has 0 saturated heterocycles. The van der Waals surface area contributed by atoms with Crippen LogP contribution in [0.2, 0.25) is 0 Å². The molecule has 17 heavy (non-hydrogen) atoms. The smallest absolute Gasteiger partial charge is 0.282 e. The Hall–Kier alpha value is -1.62. The minimum absolute atomic E-state index is 0.0876. The van der Waals surface area contributed by atoms with Gasteiger partial charge in [-0.05, 0) is 25.0 Å². The molecule has 0 radical (unpaired) electrons. The molecule has 6 heteroatoms. The molecule has 92 valence electrons. The van der Waals surface area contributed by atoms with Gasteiger partial charge in [-0.25, -0.2) is 0 Å². The van der Waals surface area contributed by atoms with Gasteiger partial charge in [0, 0.05) is 18.5 Å². The van der Waals surface area contributed by atoms with Gasteiger partial charge in [0.25, 0.3) is 11.6 Å². The molecule has 0 aliphatic heterocycles. The molecule has 0 unspecified atom stereocenters. The molecule has 1 rings (SSSR count). The fraction of sp³-hybridized carbons (Fsp3) is 0.364. The lowest BCUT2D eigenvalue weighted by molar-refractivity contribution is -0.385. The van der Waals surface area contributed by atoms with E-state index >= 15 is 0 Å². The summed E-state index contributed by atoms with van der Waals surface area (Å²) >= 11 is 5.48. The van der Waals surface area contributed by atoms with Crippen LogP contribution in [0, 0.1) is 17.0 Å². The van der Waals surface area contributed by atoms with E-state index in [2.05, 4.69) is 5.32 Å². The molecule has 5 nitrogen and oxygen atoms in total. The summed E-state index contributed by atoms with van der Waals surface area (Å²) in [5, 5.41) is 13.4. The number of alkyl halides is 1. The summed E-state index contributed by atoms with van der Waals surface area (Å²) in [6, 6.07) is 4.45. The van der Waals surface area contributed by atoms with Crippen molar-refractivity contribution in [3.05, 3.63) is 39.4 Å². The maximum Gasteiger partial charge on any atom is 0.282 e. The van der Waals surface area contributed by atoms with Crippen LogP contribution in [-0.2, 0) is 0 Å². The number of carbonyl (C=O) groups excluding carboxylic acids is 1. The molecule has 0 saturated carbocycles. The van der Waals surface area contributed by atoms with E-state index in [9.17, 15) is 14.9 Å². The molecule has 0 aromatic heterocycles. The zero-order chi connectivity index (χ0) is 12.8. The highest BCUT2D eigenvalue weighted by molar-refractivity contribution is 6.17. The molecular formula is C11H13ClN2O3. The predicted molar refractivity (Wildman–Crippen MR) is 65.5 cm³/mol. The number of benzene rings is 1. The molecular weight excluding hydrogens is 244 g/mol. The molecule has 0 fully saturated rings. The first-order valence-electron chi connectivity index (χ1n) is 5.15. The molecule has 1 N–H and O–H groups in total. The van der Waals surface area contributed by atoms with Crippen molar-refractivity contribution in [1.29, 1.82) is 0 Å². The number of aryl methyl sites for hydroxylation is 1. The van der Waals surface area contributed by atoms with Crippen LogP contribution in [0.5, 0.6) is 0 Å². The molecule has 0 atom stereocenters. The lowest BCUT2D eigenvalue weighted by Gasteiger charge is -2.05. The average Bonchev–Trinajstić information content (AvgIpc) is 2.28. The van der Waals surface area contributed by atoms with Gasteiger partial charge in [-0.2, -0.15) is 0 Å². The summed E-state index contributed by atoms with van der Waals surface area (Å²) in [6.07, 6.45) is 0.632. The second-order valence-corrected chi connectivity index (χ2v) is 3.95. The second kappa shape index (κ2) is 6.20. The van der Waals surface area contributed by atoms with E-state index in [1.54, 1.807) is 13.0 Å². The molecule has 0 bridgehead atoms. The van der Waals surface area contributed by atoms with Crippen molar-refractivity contribution in [1.82, 2.24) is 5.32 Å². The van der Waals surface area contributed by atoms with Crippen molar-refractivity contribution >= 4 is 23.2 Å². The van der Waals surface area contributed by atoms with E-state index in [1.807, 2.05) is 0 Å². The van der Waals surface area contributed by atoms with Crippen LogP contribution in [0.4, 0.5) is 5.69 Å². The van der Waals surface area contributed by atoms with Crippen molar-refractivity contribution in [3.8, 4) is 0 Å². The number of hydrogen-bond acceptors (Lipinski definition) is 3. The number of halogens is 1. The summed E-state index contributed by atoms with van der Waals surface area (Å²) in [5.41, 5.74) is 0.710. The van der Waals surface area contributed by atoms with Gasteiger partial charge in [0.1, 0.15) is 5.56 Å². The van der Waals surface area contributed by atoms with Crippen LogP contribution in [0.1, 0.15) is 22.3 Å². The molecule has 1 amide bonds. The first kappa shape index (κ1) is 13.4. The highest BCUT2D eigenvalue weighted by Crippen LogP contribution is 2.19. The first-order valence-corrected chi connectivity index (χ1v) is 5.69. The zero-order valence-electron chi connectivity index (χ0n) is 9.40. The summed E-state index contributed by atoms with van der Waals surface area (Å²) in [6.45, 7) is 2.19. The van der Waals surface area contributed by atoms with Gasteiger partial charge in [0.2, 0.25) is 0 Å². The Kier molecular flexibility index (Phi) is 4.90. The summed E-state index contributed by atoms with van der Waals surface area (Å²) in [4.78, 5) is 22.0. The van der Waals surface area contributed by atoms with Gasteiger partial charge >= 0.3 is 0 Å². The number of nitro groups is 1. The second-order valence-electron chi connectivity index (χ2n) is 3.58. The summed E-state index contributed by atoms with van der Waals surface area (Å²) in [7, 11) is 0. The van der Waals surface area contributed by atoms with Crippen molar-refractivity contribution < 1.29 is 9.72 Å². The lowest BCUT2D eigenvalue weighted by Crippen LogP contribution is -2.25. The van der Waals surface area contributed by atoms with E-state index in [0.717, 1.165) is 5.56 Å². The minimum atomic E-state index is -0.560. The van der Waals surface area contributed by atoms with Crippen molar-refractivity contribution in [2.24, 2.45) is 0 Å². The predicted octanol–water partition coefficient (Wildman–Crippen LogP) is 2.26. The third-order valence-electron chi connectivity index (χ3n) is 2.19. The maximum absolute atomic E-state index is 11.7. The number of nitrogens with zero attached hydrogens (tertiary/aromatic N) is 1. The Morgan fingerprint density at radius 1 is 1.53 bits per heavy atom. The Morgan fingerprint density at radius 3 is 2.82 bits per heavy atom. The number of nitro benzene ring substituents is 1. The molecule has 0 aliphatic rings. The number of hydrogen-bond donors (Lipinski definition) is 1. The topological polar surface area (TPSA) is 72.2 Å². The Morgan fingerprint density at radius 2 is 2.24 bits per heavy atom. The quantitative estimate of drug-likeness (QED) is 0.380. The molecule has 0 heterocycles. The fourth-order valence-electron chi connectivity index (χ4n) is 1.35. The minimum Gasteiger partial charge on any atom is -0.352 e. The van der Waals surface area contributed by atoms with E-state index in [0.29, 0.717) is 18.8 Å². The first-order chi connectivity index (χ1) is 8.06. The summed E-state index contributed by atoms with van der Waals surface area (Å²) in [5.74, 6) is 0.00133. The monoisotopic (exact) mass is 256 g/mol. The zero-order valence-corrected chi connectivity index (χ0v) is 10.2.